The number of rotatable bonds is 7. The molecule has 1 aromatic carbocycles. The van der Waals surface area contributed by atoms with E-state index in [1.54, 1.807) is 6.92 Å². The lowest BCUT2D eigenvalue weighted by Crippen LogP contribution is -2.39. The standard InChI is InChI=1S/C18H23N5O4/c1-11-8-15(24)22-18(21-11)20-7-6-19-17(25)16(23(2)3)12-4-5-13-14(9-12)27-10-26-13/h4-5,8-9,16H,6-7,10H2,1-3H3,(H,19,25)(H2,20,21,22,24)/t16-/m0/s1. The van der Waals surface area contributed by atoms with Crippen LogP contribution in [0.3, 0.4) is 0 Å². The third-order valence-electron chi connectivity index (χ3n) is 4.06. The lowest BCUT2D eigenvalue weighted by molar-refractivity contribution is -0.125. The van der Waals surface area contributed by atoms with Gasteiger partial charge in [-0.1, -0.05) is 6.07 Å². The largest absolute Gasteiger partial charge is 0.454 e. The number of nitrogens with zero attached hydrogens (tertiary/aromatic N) is 2. The highest BCUT2D eigenvalue weighted by atomic mass is 16.7. The van der Waals surface area contributed by atoms with Crippen molar-refractivity contribution in [2.24, 2.45) is 0 Å². The first-order chi connectivity index (χ1) is 12.9. The highest BCUT2D eigenvalue weighted by molar-refractivity contribution is 5.83. The fourth-order valence-corrected chi connectivity index (χ4v) is 2.89. The van der Waals surface area contributed by atoms with Crippen molar-refractivity contribution in [3.05, 3.63) is 45.9 Å². The number of ether oxygens (including phenoxy) is 2. The molecule has 0 bridgehead atoms. The fraction of sp³-hybridized carbons (Fsp3) is 0.389. The minimum atomic E-state index is -0.462. The van der Waals surface area contributed by atoms with Gasteiger partial charge in [-0.25, -0.2) is 4.98 Å². The quantitative estimate of drug-likeness (QED) is 0.611. The number of hydrogen-bond donors (Lipinski definition) is 3. The Hall–Kier alpha value is -3.07. The first-order valence-electron chi connectivity index (χ1n) is 8.59. The predicted octanol–water partition coefficient (Wildman–Crippen LogP) is 0.638. The molecule has 3 N–H and O–H groups in total. The summed E-state index contributed by atoms with van der Waals surface area (Å²) >= 11 is 0. The van der Waals surface area contributed by atoms with E-state index in [4.69, 9.17) is 9.47 Å². The molecule has 1 aliphatic heterocycles. The number of H-pyrrole nitrogens is 1. The molecule has 27 heavy (non-hydrogen) atoms. The number of likely N-dealkylation sites (N-methyl/N-ethyl adjacent to an activating group) is 1. The number of carbonyl (C=O) groups is 1. The molecule has 1 aromatic heterocycles. The van der Waals surface area contributed by atoms with Gasteiger partial charge in [0.15, 0.2) is 11.5 Å². The number of nitrogens with one attached hydrogen (secondary N) is 3. The second-order valence-corrected chi connectivity index (χ2v) is 6.43. The zero-order valence-electron chi connectivity index (χ0n) is 15.5. The summed E-state index contributed by atoms with van der Waals surface area (Å²) < 4.78 is 10.7. The summed E-state index contributed by atoms with van der Waals surface area (Å²) in [4.78, 5) is 32.7. The predicted molar refractivity (Wildman–Crippen MR) is 100 cm³/mol. The molecule has 144 valence electrons. The van der Waals surface area contributed by atoms with E-state index in [1.807, 2.05) is 37.2 Å². The third-order valence-corrected chi connectivity index (χ3v) is 4.06. The molecule has 0 fully saturated rings. The van der Waals surface area contributed by atoms with Gasteiger partial charge in [-0.05, 0) is 38.7 Å². The molecule has 0 saturated heterocycles. The van der Waals surface area contributed by atoms with Crippen LogP contribution >= 0.6 is 0 Å². The van der Waals surface area contributed by atoms with Gasteiger partial charge in [-0.3, -0.25) is 19.5 Å². The molecule has 9 nitrogen and oxygen atoms in total. The highest BCUT2D eigenvalue weighted by Crippen LogP contribution is 2.35. The van der Waals surface area contributed by atoms with E-state index < -0.39 is 6.04 Å². The highest BCUT2D eigenvalue weighted by Gasteiger charge is 2.25. The molecule has 0 radical (unpaired) electrons. The van der Waals surface area contributed by atoms with Crippen molar-refractivity contribution >= 4 is 11.9 Å². The Balaban J connectivity index is 1.58. The molecular weight excluding hydrogens is 350 g/mol. The van der Waals surface area contributed by atoms with Crippen LogP contribution in [0.2, 0.25) is 0 Å². The van der Waals surface area contributed by atoms with Crippen LogP contribution in [-0.2, 0) is 4.79 Å². The van der Waals surface area contributed by atoms with Crippen LogP contribution in [0, 0.1) is 6.92 Å². The SMILES string of the molecule is Cc1cc(=O)[nH]c(NCCNC(=O)[C@H](c2ccc3c(c2)OCO3)N(C)C)n1. The maximum Gasteiger partial charge on any atom is 0.252 e. The van der Waals surface area contributed by atoms with Crippen LogP contribution < -0.4 is 25.7 Å². The first-order valence-corrected chi connectivity index (χ1v) is 8.59. The van der Waals surface area contributed by atoms with Crippen LogP contribution in [0.4, 0.5) is 5.95 Å². The van der Waals surface area contributed by atoms with Gasteiger partial charge >= 0.3 is 0 Å². The zero-order chi connectivity index (χ0) is 19.4. The van der Waals surface area contributed by atoms with E-state index in [2.05, 4.69) is 20.6 Å². The second kappa shape index (κ2) is 8.09. The van der Waals surface area contributed by atoms with Gasteiger partial charge in [0.2, 0.25) is 18.6 Å². The molecule has 9 heteroatoms. The van der Waals surface area contributed by atoms with Gasteiger partial charge in [0.05, 0.1) is 0 Å². The van der Waals surface area contributed by atoms with E-state index in [0.717, 1.165) is 5.56 Å². The van der Waals surface area contributed by atoms with Crippen molar-refractivity contribution < 1.29 is 14.3 Å². The number of fused-ring (bicyclic) bond motifs is 1. The first kappa shape index (κ1) is 18.7. The van der Waals surface area contributed by atoms with Crippen LogP contribution in [0.15, 0.2) is 29.1 Å². The molecular formula is C18H23N5O4. The van der Waals surface area contributed by atoms with E-state index >= 15 is 0 Å². The molecule has 0 unspecified atom stereocenters. The topological polar surface area (TPSA) is 109 Å². The van der Waals surface area contributed by atoms with Crippen molar-refractivity contribution in [3.63, 3.8) is 0 Å². The monoisotopic (exact) mass is 373 g/mol. The van der Waals surface area contributed by atoms with Crippen molar-refractivity contribution in [1.82, 2.24) is 20.2 Å². The molecule has 1 aliphatic rings. The third kappa shape index (κ3) is 4.56. The van der Waals surface area contributed by atoms with Gasteiger partial charge in [0.25, 0.3) is 5.56 Å². The Morgan fingerprint density at radius 3 is 2.78 bits per heavy atom. The van der Waals surface area contributed by atoms with Gasteiger partial charge in [0, 0.05) is 24.8 Å². The van der Waals surface area contributed by atoms with E-state index in [9.17, 15) is 9.59 Å². The Kier molecular flexibility index (Phi) is 5.60. The van der Waals surface area contributed by atoms with Gasteiger partial charge < -0.3 is 20.1 Å². The Morgan fingerprint density at radius 2 is 2.04 bits per heavy atom. The number of anilines is 1. The fourth-order valence-electron chi connectivity index (χ4n) is 2.89. The lowest BCUT2D eigenvalue weighted by atomic mass is 10.0. The normalized spacial score (nSPS) is 13.5. The molecule has 0 saturated carbocycles. The second-order valence-electron chi connectivity index (χ2n) is 6.43. The van der Waals surface area contributed by atoms with Crippen molar-refractivity contribution in [2.45, 2.75) is 13.0 Å². The number of hydrogen-bond acceptors (Lipinski definition) is 7. The van der Waals surface area contributed by atoms with Crippen molar-refractivity contribution in [2.75, 3.05) is 39.3 Å². The van der Waals surface area contributed by atoms with Crippen LogP contribution in [0.1, 0.15) is 17.3 Å². The lowest BCUT2D eigenvalue weighted by Gasteiger charge is -2.24. The number of carbonyl (C=O) groups excluding carboxylic acids is 1. The Morgan fingerprint density at radius 1 is 1.26 bits per heavy atom. The molecule has 0 aliphatic carbocycles. The number of aromatic amines is 1. The maximum absolute atomic E-state index is 12.7. The van der Waals surface area contributed by atoms with Gasteiger partial charge in [0.1, 0.15) is 6.04 Å². The summed E-state index contributed by atoms with van der Waals surface area (Å²) in [5.41, 5.74) is 1.23. The molecule has 2 aromatic rings. The minimum absolute atomic E-state index is 0.133. The van der Waals surface area contributed by atoms with Gasteiger partial charge in [-0.2, -0.15) is 0 Å². The molecule has 1 atom stereocenters. The summed E-state index contributed by atoms with van der Waals surface area (Å²) in [6.45, 7) is 2.75. The van der Waals surface area contributed by atoms with Crippen molar-refractivity contribution in [3.8, 4) is 11.5 Å². The van der Waals surface area contributed by atoms with Crippen molar-refractivity contribution in [1.29, 1.82) is 0 Å². The van der Waals surface area contributed by atoms with E-state index in [0.29, 0.717) is 36.2 Å². The number of amides is 1. The summed E-state index contributed by atoms with van der Waals surface area (Å²) in [5.74, 6) is 1.57. The van der Waals surface area contributed by atoms with Gasteiger partial charge in [-0.15, -0.1) is 0 Å². The number of aryl methyl sites for hydroxylation is 1. The molecule has 2 heterocycles. The summed E-state index contributed by atoms with van der Waals surface area (Å²) in [6, 6.07) is 6.45. The molecule has 0 spiro atoms. The number of aromatic nitrogens is 2. The average Bonchev–Trinajstić information content (AvgIpc) is 3.05. The number of benzene rings is 1. The minimum Gasteiger partial charge on any atom is -0.454 e. The van der Waals surface area contributed by atoms with Crippen LogP contribution in [0.5, 0.6) is 11.5 Å². The molecule has 1 amide bonds. The van der Waals surface area contributed by atoms with Crippen LogP contribution in [0.25, 0.3) is 0 Å². The maximum atomic E-state index is 12.7. The Bertz CT molecular complexity index is 880. The van der Waals surface area contributed by atoms with E-state index in [1.165, 1.54) is 6.07 Å². The Labute approximate surface area is 156 Å². The molecule has 3 rings (SSSR count). The van der Waals surface area contributed by atoms with E-state index in [-0.39, 0.29) is 18.3 Å². The zero-order valence-corrected chi connectivity index (χ0v) is 15.5. The summed E-state index contributed by atoms with van der Waals surface area (Å²) in [7, 11) is 3.68. The summed E-state index contributed by atoms with van der Waals surface area (Å²) in [5, 5.41) is 5.89. The van der Waals surface area contributed by atoms with Crippen LogP contribution in [-0.4, -0.2) is 54.8 Å². The smallest absolute Gasteiger partial charge is 0.252 e. The average molecular weight is 373 g/mol. The summed E-state index contributed by atoms with van der Waals surface area (Å²) in [6.07, 6.45) is 0.